The fourth-order valence-electron chi connectivity index (χ4n) is 4.13. The van der Waals surface area contributed by atoms with Crippen molar-refractivity contribution in [1.82, 2.24) is 19.9 Å². The lowest BCUT2D eigenvalue weighted by atomic mass is 9.97. The predicted molar refractivity (Wildman–Crippen MR) is 123 cm³/mol. The largest absolute Gasteiger partial charge is 0.353 e. The van der Waals surface area contributed by atoms with E-state index >= 15 is 0 Å². The SMILES string of the molecule is Cn1ccnc1C(=O)c1cc(SCC(=O)NC2CCCCCCC2)nc2ccccc12. The van der Waals surface area contributed by atoms with E-state index in [1.54, 1.807) is 30.1 Å². The average Bonchev–Trinajstić information content (AvgIpc) is 3.19. The predicted octanol–water partition coefficient (Wildman–Crippen LogP) is 4.52. The van der Waals surface area contributed by atoms with Crippen molar-refractivity contribution < 1.29 is 9.59 Å². The first kappa shape index (κ1) is 21.6. The van der Waals surface area contributed by atoms with Gasteiger partial charge < -0.3 is 9.88 Å². The molecular weight excluding hydrogens is 408 g/mol. The number of imidazole rings is 1. The van der Waals surface area contributed by atoms with Gasteiger partial charge in [-0.2, -0.15) is 0 Å². The van der Waals surface area contributed by atoms with Crippen molar-refractivity contribution in [2.75, 3.05) is 5.75 Å². The molecule has 4 rings (SSSR count). The second-order valence-electron chi connectivity index (χ2n) is 8.11. The molecule has 1 aliphatic rings. The van der Waals surface area contributed by atoms with Crippen molar-refractivity contribution in [3.63, 3.8) is 0 Å². The van der Waals surface area contributed by atoms with E-state index in [1.165, 1.54) is 43.9 Å². The summed E-state index contributed by atoms with van der Waals surface area (Å²) in [5, 5.41) is 4.65. The number of ketones is 1. The van der Waals surface area contributed by atoms with Gasteiger partial charge in [0.2, 0.25) is 11.7 Å². The van der Waals surface area contributed by atoms with E-state index < -0.39 is 0 Å². The number of rotatable bonds is 6. The highest BCUT2D eigenvalue weighted by molar-refractivity contribution is 7.99. The third-order valence-corrected chi connectivity index (χ3v) is 6.69. The Kier molecular flexibility index (Phi) is 7.02. The topological polar surface area (TPSA) is 76.9 Å². The maximum atomic E-state index is 13.2. The lowest BCUT2D eigenvalue weighted by Gasteiger charge is -2.20. The number of pyridine rings is 1. The minimum Gasteiger partial charge on any atom is -0.353 e. The summed E-state index contributed by atoms with van der Waals surface area (Å²) in [7, 11) is 1.80. The zero-order valence-corrected chi connectivity index (χ0v) is 18.7. The van der Waals surface area contributed by atoms with Crippen LogP contribution in [0, 0.1) is 0 Å². The quantitative estimate of drug-likeness (QED) is 0.454. The standard InChI is InChI=1S/C24H28N4O2S/c1-28-14-13-25-24(28)23(30)19-15-22(27-20-12-8-7-11-18(19)20)31-16-21(29)26-17-9-5-3-2-4-6-10-17/h7-8,11-15,17H,2-6,9-10,16H2,1H3,(H,26,29). The number of para-hydroxylation sites is 1. The Hall–Kier alpha value is -2.67. The molecule has 0 radical (unpaired) electrons. The molecule has 0 saturated heterocycles. The third-order valence-electron chi connectivity index (χ3n) is 5.78. The summed E-state index contributed by atoms with van der Waals surface area (Å²) in [6.45, 7) is 0. The zero-order valence-electron chi connectivity index (χ0n) is 17.8. The van der Waals surface area contributed by atoms with Crippen LogP contribution in [0.4, 0.5) is 0 Å². The van der Waals surface area contributed by atoms with Crippen LogP contribution >= 0.6 is 11.8 Å². The maximum Gasteiger partial charge on any atom is 0.230 e. The molecule has 1 N–H and O–H groups in total. The highest BCUT2D eigenvalue weighted by atomic mass is 32.2. The van der Waals surface area contributed by atoms with Crippen molar-refractivity contribution in [2.24, 2.45) is 7.05 Å². The summed E-state index contributed by atoms with van der Waals surface area (Å²) < 4.78 is 1.72. The number of aromatic nitrogens is 3. The van der Waals surface area contributed by atoms with Crippen molar-refractivity contribution in [3.8, 4) is 0 Å². The van der Waals surface area contributed by atoms with Gasteiger partial charge in [0.15, 0.2) is 5.82 Å². The van der Waals surface area contributed by atoms with Gasteiger partial charge in [-0.25, -0.2) is 9.97 Å². The van der Waals surface area contributed by atoms with Gasteiger partial charge in [-0.1, -0.05) is 62.1 Å². The Bertz CT molecular complexity index is 1070. The fraction of sp³-hybridized carbons (Fsp3) is 0.417. The molecule has 0 spiro atoms. The number of fused-ring (bicyclic) bond motifs is 1. The maximum absolute atomic E-state index is 13.2. The van der Waals surface area contributed by atoms with Crippen LogP contribution in [0.25, 0.3) is 10.9 Å². The lowest BCUT2D eigenvalue weighted by molar-refractivity contribution is -0.119. The van der Waals surface area contributed by atoms with Gasteiger partial charge >= 0.3 is 0 Å². The van der Waals surface area contributed by atoms with Gasteiger partial charge in [0.05, 0.1) is 16.3 Å². The number of carbonyl (C=O) groups excluding carboxylic acids is 2. The fourth-order valence-corrected chi connectivity index (χ4v) is 4.85. The molecule has 7 heteroatoms. The second kappa shape index (κ2) is 10.1. The molecule has 0 bridgehead atoms. The van der Waals surface area contributed by atoms with Crippen LogP contribution in [0.2, 0.25) is 0 Å². The van der Waals surface area contributed by atoms with Gasteiger partial charge in [0, 0.05) is 36.4 Å². The Morgan fingerprint density at radius 1 is 1.13 bits per heavy atom. The van der Waals surface area contributed by atoms with Crippen LogP contribution in [0.5, 0.6) is 0 Å². The van der Waals surface area contributed by atoms with Crippen LogP contribution in [-0.4, -0.2) is 38.0 Å². The summed E-state index contributed by atoms with van der Waals surface area (Å²) in [6.07, 6.45) is 11.7. The number of benzene rings is 1. The van der Waals surface area contributed by atoms with Crippen molar-refractivity contribution in [2.45, 2.75) is 56.0 Å². The number of amides is 1. The van der Waals surface area contributed by atoms with Gasteiger partial charge in [-0.3, -0.25) is 9.59 Å². The van der Waals surface area contributed by atoms with Gasteiger partial charge in [0.1, 0.15) is 0 Å². The molecule has 1 fully saturated rings. The number of nitrogens with zero attached hydrogens (tertiary/aromatic N) is 3. The van der Waals surface area contributed by atoms with E-state index in [0.717, 1.165) is 23.7 Å². The van der Waals surface area contributed by atoms with E-state index in [1.807, 2.05) is 24.3 Å². The van der Waals surface area contributed by atoms with E-state index in [4.69, 9.17) is 0 Å². The van der Waals surface area contributed by atoms with Crippen LogP contribution < -0.4 is 5.32 Å². The molecule has 0 aliphatic heterocycles. The molecule has 2 heterocycles. The van der Waals surface area contributed by atoms with Crippen molar-refractivity contribution in [3.05, 3.63) is 54.1 Å². The molecule has 0 atom stereocenters. The monoisotopic (exact) mass is 436 g/mol. The van der Waals surface area contributed by atoms with E-state index in [2.05, 4.69) is 15.3 Å². The molecule has 1 amide bonds. The van der Waals surface area contributed by atoms with Gasteiger partial charge in [0.25, 0.3) is 0 Å². The smallest absolute Gasteiger partial charge is 0.230 e. The normalized spacial score (nSPS) is 15.4. The minimum atomic E-state index is -0.146. The number of carbonyl (C=O) groups is 2. The van der Waals surface area contributed by atoms with Crippen molar-refractivity contribution in [1.29, 1.82) is 0 Å². The molecular formula is C24H28N4O2S. The first-order valence-corrected chi connectivity index (χ1v) is 11.9. The summed E-state index contributed by atoms with van der Waals surface area (Å²) in [5.74, 6) is 0.557. The minimum absolute atomic E-state index is 0.0301. The summed E-state index contributed by atoms with van der Waals surface area (Å²) in [5.41, 5.74) is 1.30. The lowest BCUT2D eigenvalue weighted by Crippen LogP contribution is -2.36. The van der Waals surface area contributed by atoms with Crippen LogP contribution in [0.1, 0.15) is 61.1 Å². The van der Waals surface area contributed by atoms with Crippen molar-refractivity contribution >= 4 is 34.4 Å². The van der Waals surface area contributed by atoms with E-state index in [0.29, 0.717) is 16.4 Å². The highest BCUT2D eigenvalue weighted by Gasteiger charge is 2.19. The molecule has 1 aromatic carbocycles. The molecule has 0 unspecified atom stereocenters. The Morgan fingerprint density at radius 3 is 2.61 bits per heavy atom. The Balaban J connectivity index is 1.49. The van der Waals surface area contributed by atoms with E-state index in [9.17, 15) is 9.59 Å². The first-order valence-electron chi connectivity index (χ1n) is 11.0. The summed E-state index contributed by atoms with van der Waals surface area (Å²) in [6, 6.07) is 9.65. The van der Waals surface area contributed by atoms with E-state index in [-0.39, 0.29) is 23.5 Å². The molecule has 6 nitrogen and oxygen atoms in total. The average molecular weight is 437 g/mol. The van der Waals surface area contributed by atoms with Gasteiger partial charge in [-0.15, -0.1) is 0 Å². The zero-order chi connectivity index (χ0) is 21.6. The number of nitrogens with one attached hydrogen (secondary N) is 1. The molecule has 162 valence electrons. The number of hydrogen-bond acceptors (Lipinski definition) is 5. The number of thioether (sulfide) groups is 1. The van der Waals surface area contributed by atoms with Crippen LogP contribution in [0.3, 0.4) is 0 Å². The molecule has 2 aromatic heterocycles. The first-order chi connectivity index (χ1) is 15.1. The second-order valence-corrected chi connectivity index (χ2v) is 9.11. The Labute approximate surface area is 186 Å². The Morgan fingerprint density at radius 2 is 1.87 bits per heavy atom. The summed E-state index contributed by atoms with van der Waals surface area (Å²) >= 11 is 1.37. The number of hydrogen-bond donors (Lipinski definition) is 1. The van der Waals surface area contributed by atoms with Gasteiger partial charge in [-0.05, 0) is 25.0 Å². The number of aryl methyl sites for hydroxylation is 1. The molecule has 3 aromatic rings. The summed E-state index contributed by atoms with van der Waals surface area (Å²) in [4.78, 5) is 34.6. The molecule has 1 saturated carbocycles. The highest BCUT2D eigenvalue weighted by Crippen LogP contribution is 2.26. The third kappa shape index (κ3) is 5.34. The molecule has 1 aliphatic carbocycles. The van der Waals surface area contributed by atoms with Crippen LogP contribution in [0.15, 0.2) is 47.8 Å². The molecule has 31 heavy (non-hydrogen) atoms. The van der Waals surface area contributed by atoms with Crippen LogP contribution in [-0.2, 0) is 11.8 Å².